The van der Waals surface area contributed by atoms with E-state index < -0.39 is 12.0 Å². The summed E-state index contributed by atoms with van der Waals surface area (Å²) in [5.41, 5.74) is 1.81. The zero-order valence-electron chi connectivity index (χ0n) is 14.0. The van der Waals surface area contributed by atoms with Crippen LogP contribution in [0.4, 0.5) is 19.0 Å². The highest BCUT2D eigenvalue weighted by molar-refractivity contribution is 5.46. The Morgan fingerprint density at radius 1 is 1.04 bits per heavy atom. The standard InChI is InChI=1S/C16H13F3N8/c1-10(11-2-4-12(5-3-11)26-9-20-8-21-26)22-13-6-7-14-23-24-15(16(17,18)19)27(14)25-13/h2-10H,1H3,(H,22,25). The molecule has 0 aliphatic carbocycles. The number of rotatable bonds is 4. The molecule has 0 saturated heterocycles. The number of fused-ring (bicyclic) bond motifs is 1. The van der Waals surface area contributed by atoms with E-state index in [1.807, 2.05) is 31.2 Å². The van der Waals surface area contributed by atoms with Gasteiger partial charge in [-0.25, -0.2) is 9.67 Å². The van der Waals surface area contributed by atoms with E-state index in [1.165, 1.54) is 12.4 Å². The number of hydrogen-bond acceptors (Lipinski definition) is 6. The van der Waals surface area contributed by atoms with E-state index in [2.05, 4.69) is 30.7 Å². The topological polar surface area (TPSA) is 85.8 Å². The zero-order valence-corrected chi connectivity index (χ0v) is 14.0. The summed E-state index contributed by atoms with van der Waals surface area (Å²) >= 11 is 0. The third-order valence-electron chi connectivity index (χ3n) is 3.96. The Morgan fingerprint density at radius 2 is 1.81 bits per heavy atom. The molecule has 4 aromatic rings. The minimum absolute atomic E-state index is 0.0257. The Labute approximate surface area is 150 Å². The highest BCUT2D eigenvalue weighted by Crippen LogP contribution is 2.28. The molecule has 3 aromatic heterocycles. The lowest BCUT2D eigenvalue weighted by Crippen LogP contribution is -2.14. The fourth-order valence-corrected chi connectivity index (χ4v) is 2.61. The van der Waals surface area contributed by atoms with Gasteiger partial charge in [-0.05, 0) is 36.8 Å². The van der Waals surface area contributed by atoms with Gasteiger partial charge in [-0.3, -0.25) is 0 Å². The number of benzene rings is 1. The Balaban J connectivity index is 1.56. The Morgan fingerprint density at radius 3 is 2.48 bits per heavy atom. The molecule has 0 aliphatic heterocycles. The summed E-state index contributed by atoms with van der Waals surface area (Å²) < 4.78 is 41.2. The molecule has 1 unspecified atom stereocenters. The number of hydrogen-bond donors (Lipinski definition) is 1. The first-order valence-corrected chi connectivity index (χ1v) is 7.93. The molecule has 138 valence electrons. The summed E-state index contributed by atoms with van der Waals surface area (Å²) in [6, 6.07) is 10.3. The van der Waals surface area contributed by atoms with E-state index >= 15 is 0 Å². The maximum atomic E-state index is 13.0. The highest BCUT2D eigenvalue weighted by Gasteiger charge is 2.37. The van der Waals surface area contributed by atoms with Crippen LogP contribution in [0, 0.1) is 0 Å². The molecule has 0 aliphatic rings. The fraction of sp³-hybridized carbons (Fsp3) is 0.188. The van der Waals surface area contributed by atoms with Gasteiger partial charge in [0.25, 0.3) is 5.82 Å². The normalized spacial score (nSPS) is 13.0. The molecule has 0 amide bonds. The smallest absolute Gasteiger partial charge is 0.362 e. The van der Waals surface area contributed by atoms with Crippen molar-refractivity contribution in [1.29, 1.82) is 0 Å². The molecule has 0 saturated carbocycles. The molecular weight excluding hydrogens is 361 g/mol. The van der Waals surface area contributed by atoms with Crippen LogP contribution in [-0.4, -0.2) is 34.6 Å². The van der Waals surface area contributed by atoms with Crippen molar-refractivity contribution in [2.24, 2.45) is 0 Å². The van der Waals surface area contributed by atoms with E-state index in [1.54, 1.807) is 17.1 Å². The molecule has 0 spiro atoms. The molecule has 0 radical (unpaired) electrons. The molecular formula is C16H13F3N8. The van der Waals surface area contributed by atoms with Gasteiger partial charge in [0.15, 0.2) is 5.65 Å². The monoisotopic (exact) mass is 374 g/mol. The summed E-state index contributed by atoms with van der Waals surface area (Å²) in [6.45, 7) is 1.88. The number of halogens is 3. The third-order valence-corrected chi connectivity index (χ3v) is 3.96. The van der Waals surface area contributed by atoms with Gasteiger partial charge < -0.3 is 5.32 Å². The molecule has 1 N–H and O–H groups in total. The van der Waals surface area contributed by atoms with Crippen LogP contribution >= 0.6 is 0 Å². The lowest BCUT2D eigenvalue weighted by atomic mass is 10.1. The number of alkyl halides is 3. The van der Waals surface area contributed by atoms with E-state index in [0.717, 1.165) is 11.3 Å². The third kappa shape index (κ3) is 3.30. The maximum absolute atomic E-state index is 13.0. The van der Waals surface area contributed by atoms with Gasteiger partial charge in [0.1, 0.15) is 18.5 Å². The summed E-state index contributed by atoms with van der Waals surface area (Å²) in [5.74, 6) is -0.883. The van der Waals surface area contributed by atoms with Crippen molar-refractivity contribution in [2.45, 2.75) is 19.1 Å². The SMILES string of the molecule is CC(Nc1ccc2nnc(C(F)(F)F)n2n1)c1ccc(-n2cncn2)cc1. The Kier molecular flexibility index (Phi) is 3.98. The largest absolute Gasteiger partial charge is 0.453 e. The molecule has 1 aromatic carbocycles. The lowest BCUT2D eigenvalue weighted by molar-refractivity contribution is -0.146. The van der Waals surface area contributed by atoms with Crippen molar-refractivity contribution in [3.8, 4) is 5.69 Å². The van der Waals surface area contributed by atoms with Gasteiger partial charge >= 0.3 is 6.18 Å². The van der Waals surface area contributed by atoms with Crippen molar-refractivity contribution in [1.82, 2.24) is 34.6 Å². The fourth-order valence-electron chi connectivity index (χ4n) is 2.61. The predicted molar refractivity (Wildman–Crippen MR) is 89.2 cm³/mol. The van der Waals surface area contributed by atoms with Gasteiger partial charge in [-0.2, -0.15) is 22.8 Å². The van der Waals surface area contributed by atoms with Gasteiger partial charge in [-0.15, -0.1) is 15.3 Å². The van der Waals surface area contributed by atoms with Crippen molar-refractivity contribution in [3.05, 3.63) is 60.4 Å². The second kappa shape index (κ2) is 6.34. The minimum Gasteiger partial charge on any atom is -0.362 e. The summed E-state index contributed by atoms with van der Waals surface area (Å²) in [4.78, 5) is 3.90. The first-order chi connectivity index (χ1) is 12.9. The van der Waals surface area contributed by atoms with E-state index in [9.17, 15) is 13.2 Å². The van der Waals surface area contributed by atoms with Crippen molar-refractivity contribution >= 4 is 11.5 Å². The van der Waals surface area contributed by atoms with E-state index in [-0.39, 0.29) is 17.5 Å². The second-order valence-electron chi connectivity index (χ2n) is 5.81. The molecule has 0 bridgehead atoms. The Hall–Kier alpha value is -3.50. The van der Waals surface area contributed by atoms with Crippen LogP contribution in [0.2, 0.25) is 0 Å². The van der Waals surface area contributed by atoms with Gasteiger partial charge in [0.05, 0.1) is 5.69 Å². The zero-order chi connectivity index (χ0) is 19.0. The number of anilines is 1. The maximum Gasteiger partial charge on any atom is 0.453 e. The molecule has 11 heteroatoms. The van der Waals surface area contributed by atoms with Crippen LogP contribution < -0.4 is 5.32 Å². The lowest BCUT2D eigenvalue weighted by Gasteiger charge is -2.15. The molecule has 27 heavy (non-hydrogen) atoms. The van der Waals surface area contributed by atoms with Crippen LogP contribution in [0.5, 0.6) is 0 Å². The van der Waals surface area contributed by atoms with Crippen molar-refractivity contribution in [3.63, 3.8) is 0 Å². The average molecular weight is 374 g/mol. The van der Waals surface area contributed by atoms with Crippen LogP contribution in [-0.2, 0) is 6.18 Å². The van der Waals surface area contributed by atoms with Crippen LogP contribution in [0.3, 0.4) is 0 Å². The van der Waals surface area contributed by atoms with E-state index in [0.29, 0.717) is 4.52 Å². The van der Waals surface area contributed by atoms with Gasteiger partial charge in [-0.1, -0.05) is 12.1 Å². The second-order valence-corrected chi connectivity index (χ2v) is 5.81. The first kappa shape index (κ1) is 16.9. The van der Waals surface area contributed by atoms with Gasteiger partial charge in [0, 0.05) is 6.04 Å². The van der Waals surface area contributed by atoms with Crippen LogP contribution in [0.25, 0.3) is 11.3 Å². The summed E-state index contributed by atoms with van der Waals surface area (Å²) in [5, 5.41) is 17.8. The summed E-state index contributed by atoms with van der Waals surface area (Å²) in [7, 11) is 0. The number of aromatic nitrogens is 7. The molecule has 8 nitrogen and oxygen atoms in total. The van der Waals surface area contributed by atoms with Crippen LogP contribution in [0.15, 0.2) is 49.1 Å². The quantitative estimate of drug-likeness (QED) is 0.591. The first-order valence-electron chi connectivity index (χ1n) is 7.93. The van der Waals surface area contributed by atoms with Crippen LogP contribution in [0.1, 0.15) is 24.4 Å². The highest BCUT2D eigenvalue weighted by atomic mass is 19.4. The molecule has 1 atom stereocenters. The predicted octanol–water partition coefficient (Wildman–Crippen LogP) is 2.90. The van der Waals surface area contributed by atoms with Crippen molar-refractivity contribution < 1.29 is 13.2 Å². The number of nitrogens with one attached hydrogen (secondary N) is 1. The molecule has 4 rings (SSSR count). The number of nitrogens with zero attached hydrogens (tertiary/aromatic N) is 7. The van der Waals surface area contributed by atoms with Crippen molar-refractivity contribution in [2.75, 3.05) is 5.32 Å². The van der Waals surface area contributed by atoms with E-state index in [4.69, 9.17) is 0 Å². The molecule has 0 fully saturated rings. The summed E-state index contributed by atoms with van der Waals surface area (Å²) in [6.07, 6.45) is -1.60. The van der Waals surface area contributed by atoms with Gasteiger partial charge in [0.2, 0.25) is 0 Å². The minimum atomic E-state index is -4.63. The molecule has 3 heterocycles. The Bertz CT molecular complexity index is 1050. The average Bonchev–Trinajstić information content (AvgIpc) is 3.31.